The Morgan fingerprint density at radius 2 is 1.88 bits per heavy atom. The van der Waals surface area contributed by atoms with Gasteiger partial charge < -0.3 is 10.0 Å². The molecule has 0 aromatic heterocycles. The number of aliphatic hydroxyl groups excluding tert-OH is 1. The molecule has 2 aromatic rings. The lowest BCUT2D eigenvalue weighted by atomic mass is 10.1. The Morgan fingerprint density at radius 1 is 1.12 bits per heavy atom. The third-order valence-electron chi connectivity index (χ3n) is 5.34. The Morgan fingerprint density at radius 3 is 2.62 bits per heavy atom. The predicted octanol–water partition coefficient (Wildman–Crippen LogP) is 4.39. The quantitative estimate of drug-likeness (QED) is 0.859. The number of hydrogen-bond acceptors (Lipinski definition) is 3. The lowest BCUT2D eigenvalue weighted by Crippen LogP contribution is -2.37. The molecule has 0 amide bonds. The van der Waals surface area contributed by atoms with Crippen LogP contribution in [0.5, 0.6) is 0 Å². The number of β-amino-alcohol motifs (C(OH)–C–C–N with tert-alkyl or cyclic N) is 1. The van der Waals surface area contributed by atoms with Crippen molar-refractivity contribution in [2.24, 2.45) is 0 Å². The second-order valence-electron chi connectivity index (χ2n) is 7.34. The first kappa shape index (κ1) is 17.8. The van der Waals surface area contributed by atoms with Crippen molar-refractivity contribution in [3.05, 3.63) is 64.4 Å². The standard InChI is InChI=1S/C21H24ClFN2O/c22-17-4-2-15(3-5-17)21(26)14-25-11-1-10-24(19-7-8-19)13-16-12-18(23)6-9-20(16)25/h2-6,9,12,19,21,26H,1,7-8,10-11,13-14H2. The molecular weight excluding hydrogens is 351 g/mol. The first-order chi connectivity index (χ1) is 12.6. The van der Waals surface area contributed by atoms with Crippen LogP contribution in [0, 0.1) is 5.82 Å². The summed E-state index contributed by atoms with van der Waals surface area (Å²) < 4.78 is 13.9. The zero-order chi connectivity index (χ0) is 18.1. The molecule has 1 N–H and O–H groups in total. The smallest absolute Gasteiger partial charge is 0.123 e. The van der Waals surface area contributed by atoms with Gasteiger partial charge in [0.2, 0.25) is 0 Å². The van der Waals surface area contributed by atoms with E-state index in [0.717, 1.165) is 42.9 Å². The Balaban J connectivity index is 1.57. The third kappa shape index (κ3) is 4.03. The van der Waals surface area contributed by atoms with Gasteiger partial charge in [-0.05, 0) is 60.7 Å². The van der Waals surface area contributed by atoms with Crippen LogP contribution in [-0.2, 0) is 6.54 Å². The van der Waals surface area contributed by atoms with E-state index >= 15 is 0 Å². The van der Waals surface area contributed by atoms with Crippen molar-refractivity contribution in [2.45, 2.75) is 38.0 Å². The summed E-state index contributed by atoms with van der Waals surface area (Å²) >= 11 is 5.94. The van der Waals surface area contributed by atoms with E-state index in [1.807, 2.05) is 18.2 Å². The molecule has 0 saturated heterocycles. The maximum Gasteiger partial charge on any atom is 0.123 e. The van der Waals surface area contributed by atoms with Crippen LogP contribution in [0.1, 0.15) is 36.5 Å². The summed E-state index contributed by atoms with van der Waals surface area (Å²) in [6, 6.07) is 13.0. The van der Waals surface area contributed by atoms with Gasteiger partial charge in [-0.15, -0.1) is 0 Å². The lowest BCUT2D eigenvalue weighted by Gasteiger charge is -2.34. The van der Waals surface area contributed by atoms with E-state index < -0.39 is 6.10 Å². The number of aliphatic hydroxyl groups is 1. The van der Waals surface area contributed by atoms with Crippen molar-refractivity contribution in [3.63, 3.8) is 0 Å². The fourth-order valence-electron chi connectivity index (χ4n) is 3.81. The molecule has 0 bridgehead atoms. The molecule has 5 heteroatoms. The number of halogens is 2. The van der Waals surface area contributed by atoms with Gasteiger partial charge in [0, 0.05) is 42.9 Å². The molecule has 0 radical (unpaired) electrons. The molecule has 1 fully saturated rings. The SMILES string of the molecule is OC(CN1CCCN(C2CC2)Cc2cc(F)ccc21)c1ccc(Cl)cc1. The van der Waals surface area contributed by atoms with E-state index in [-0.39, 0.29) is 5.82 Å². The highest BCUT2D eigenvalue weighted by atomic mass is 35.5. The summed E-state index contributed by atoms with van der Waals surface area (Å²) in [6.45, 7) is 3.15. The molecule has 1 aliphatic heterocycles. The second kappa shape index (κ2) is 7.55. The second-order valence-corrected chi connectivity index (χ2v) is 7.78. The van der Waals surface area contributed by atoms with Crippen molar-refractivity contribution in [3.8, 4) is 0 Å². The van der Waals surface area contributed by atoms with Crippen LogP contribution < -0.4 is 4.90 Å². The first-order valence-electron chi connectivity index (χ1n) is 9.31. The average Bonchev–Trinajstić information content (AvgIpc) is 3.44. The van der Waals surface area contributed by atoms with Crippen LogP contribution in [0.2, 0.25) is 5.02 Å². The molecule has 26 heavy (non-hydrogen) atoms. The molecule has 1 aliphatic carbocycles. The molecule has 138 valence electrons. The number of hydrogen-bond donors (Lipinski definition) is 1. The van der Waals surface area contributed by atoms with Gasteiger partial charge in [0.05, 0.1) is 6.10 Å². The topological polar surface area (TPSA) is 26.7 Å². The highest BCUT2D eigenvalue weighted by molar-refractivity contribution is 6.30. The summed E-state index contributed by atoms with van der Waals surface area (Å²) in [5.74, 6) is -0.196. The monoisotopic (exact) mass is 374 g/mol. The zero-order valence-corrected chi connectivity index (χ0v) is 15.5. The summed E-state index contributed by atoms with van der Waals surface area (Å²) in [4.78, 5) is 4.67. The van der Waals surface area contributed by atoms with Gasteiger partial charge in [0.25, 0.3) is 0 Å². The van der Waals surface area contributed by atoms with Crippen molar-refractivity contribution >= 4 is 17.3 Å². The number of benzene rings is 2. The molecule has 4 rings (SSSR count). The van der Waals surface area contributed by atoms with E-state index in [0.29, 0.717) is 17.6 Å². The van der Waals surface area contributed by atoms with Crippen LogP contribution in [0.3, 0.4) is 0 Å². The van der Waals surface area contributed by atoms with Crippen LogP contribution >= 0.6 is 11.6 Å². The molecule has 3 nitrogen and oxygen atoms in total. The highest BCUT2D eigenvalue weighted by Gasteiger charge is 2.31. The van der Waals surface area contributed by atoms with Gasteiger partial charge in [-0.2, -0.15) is 0 Å². The van der Waals surface area contributed by atoms with Crippen molar-refractivity contribution in [1.29, 1.82) is 0 Å². The van der Waals surface area contributed by atoms with Crippen molar-refractivity contribution < 1.29 is 9.50 Å². The fourth-order valence-corrected chi connectivity index (χ4v) is 3.94. The van der Waals surface area contributed by atoms with Crippen LogP contribution in [-0.4, -0.2) is 35.7 Å². The van der Waals surface area contributed by atoms with Crippen molar-refractivity contribution in [1.82, 2.24) is 4.90 Å². The largest absolute Gasteiger partial charge is 0.387 e. The predicted molar refractivity (Wildman–Crippen MR) is 103 cm³/mol. The number of fused-ring (bicyclic) bond motifs is 1. The maximum atomic E-state index is 13.9. The van der Waals surface area contributed by atoms with Crippen LogP contribution in [0.25, 0.3) is 0 Å². The van der Waals surface area contributed by atoms with Crippen molar-refractivity contribution in [2.75, 3.05) is 24.5 Å². The zero-order valence-electron chi connectivity index (χ0n) is 14.7. The third-order valence-corrected chi connectivity index (χ3v) is 5.59. The van der Waals surface area contributed by atoms with E-state index in [4.69, 9.17) is 11.6 Å². The maximum absolute atomic E-state index is 13.9. The molecule has 2 aliphatic rings. The molecule has 1 unspecified atom stereocenters. The average molecular weight is 375 g/mol. The minimum absolute atomic E-state index is 0.196. The fraction of sp³-hybridized carbons (Fsp3) is 0.429. The number of rotatable bonds is 4. The highest BCUT2D eigenvalue weighted by Crippen LogP contribution is 2.33. The molecule has 1 atom stereocenters. The van der Waals surface area contributed by atoms with E-state index in [1.54, 1.807) is 18.2 Å². The van der Waals surface area contributed by atoms with E-state index in [9.17, 15) is 9.50 Å². The molecule has 2 aromatic carbocycles. The minimum atomic E-state index is -0.607. The minimum Gasteiger partial charge on any atom is -0.387 e. The molecular formula is C21H24ClFN2O. The molecule has 0 spiro atoms. The van der Waals surface area contributed by atoms with Gasteiger partial charge in [-0.3, -0.25) is 4.90 Å². The molecule has 1 heterocycles. The summed E-state index contributed by atoms with van der Waals surface area (Å²) in [6.07, 6.45) is 2.94. The Hall–Kier alpha value is -1.62. The van der Waals surface area contributed by atoms with Crippen LogP contribution in [0.15, 0.2) is 42.5 Å². The van der Waals surface area contributed by atoms with Crippen LogP contribution in [0.4, 0.5) is 10.1 Å². The Bertz CT molecular complexity index is 763. The van der Waals surface area contributed by atoms with Gasteiger partial charge in [-0.1, -0.05) is 23.7 Å². The number of nitrogens with zero attached hydrogens (tertiary/aromatic N) is 2. The summed E-state index contributed by atoms with van der Waals surface area (Å²) in [5.41, 5.74) is 2.89. The lowest BCUT2D eigenvalue weighted by molar-refractivity contribution is 0.181. The molecule has 1 saturated carbocycles. The normalized spacial score (nSPS) is 19.6. The Kier molecular flexibility index (Phi) is 5.16. The first-order valence-corrected chi connectivity index (χ1v) is 9.69. The van der Waals surface area contributed by atoms with E-state index in [1.165, 1.54) is 18.9 Å². The number of anilines is 1. The summed E-state index contributed by atoms with van der Waals surface area (Å²) in [7, 11) is 0. The Labute approximate surface area is 159 Å². The summed E-state index contributed by atoms with van der Waals surface area (Å²) in [5, 5.41) is 11.3. The van der Waals surface area contributed by atoms with Gasteiger partial charge in [0.1, 0.15) is 5.82 Å². The van der Waals surface area contributed by atoms with Gasteiger partial charge in [0.15, 0.2) is 0 Å². The van der Waals surface area contributed by atoms with Gasteiger partial charge >= 0.3 is 0 Å². The van der Waals surface area contributed by atoms with Gasteiger partial charge in [-0.25, -0.2) is 4.39 Å². The van der Waals surface area contributed by atoms with E-state index in [2.05, 4.69) is 9.80 Å².